The molecule has 1 atom stereocenters. The molecule has 2 aromatic heterocycles. The van der Waals surface area contributed by atoms with Crippen molar-refractivity contribution >= 4 is 22.8 Å². The molecule has 0 aliphatic carbocycles. The van der Waals surface area contributed by atoms with Gasteiger partial charge in [-0.1, -0.05) is 26.0 Å². The number of nitrogens with zero attached hydrogens (tertiary/aromatic N) is 3. The number of fused-ring (bicyclic) bond motifs is 1. The first kappa shape index (κ1) is 24.2. The summed E-state index contributed by atoms with van der Waals surface area (Å²) in [5, 5.41) is 2.67. The van der Waals surface area contributed by atoms with Crippen LogP contribution in [0.4, 0.5) is 8.78 Å². The van der Waals surface area contributed by atoms with E-state index in [-0.39, 0.29) is 29.4 Å². The lowest BCUT2D eigenvalue weighted by Crippen LogP contribution is -2.54. The number of aromatic amines is 1. The molecule has 35 heavy (non-hydrogen) atoms. The Morgan fingerprint density at radius 1 is 1.20 bits per heavy atom. The van der Waals surface area contributed by atoms with E-state index in [2.05, 4.69) is 20.3 Å². The van der Waals surface area contributed by atoms with Crippen LogP contribution in [-0.4, -0.2) is 56.9 Å². The summed E-state index contributed by atoms with van der Waals surface area (Å²) in [6.07, 6.45) is 1.76. The number of ether oxygens (including phenoxy) is 1. The number of benzene rings is 1. The second kappa shape index (κ2) is 10.2. The fraction of sp³-hybridized carbons (Fsp3) is 0.375. The zero-order valence-electron chi connectivity index (χ0n) is 19.3. The molecule has 1 aromatic carbocycles. The van der Waals surface area contributed by atoms with Crippen molar-refractivity contribution in [1.82, 2.24) is 25.2 Å². The van der Waals surface area contributed by atoms with Gasteiger partial charge in [0.05, 0.1) is 17.2 Å². The van der Waals surface area contributed by atoms with Crippen LogP contribution in [0.5, 0.6) is 5.75 Å². The zero-order chi connectivity index (χ0) is 25.1. The summed E-state index contributed by atoms with van der Waals surface area (Å²) < 4.78 is 32.0. The second-order valence-electron chi connectivity index (χ2n) is 8.71. The predicted octanol–water partition coefficient (Wildman–Crippen LogP) is 2.42. The van der Waals surface area contributed by atoms with Gasteiger partial charge in [-0.3, -0.25) is 14.4 Å². The van der Waals surface area contributed by atoms with Gasteiger partial charge in [-0.15, -0.1) is 0 Å². The second-order valence-corrected chi connectivity index (χ2v) is 8.71. The van der Waals surface area contributed by atoms with Crippen LogP contribution in [0.3, 0.4) is 0 Å². The lowest BCUT2D eigenvalue weighted by molar-refractivity contribution is -0.136. The van der Waals surface area contributed by atoms with Gasteiger partial charge in [0.2, 0.25) is 11.9 Å². The average molecular weight is 485 g/mol. The van der Waals surface area contributed by atoms with Crippen LogP contribution in [-0.2, 0) is 4.79 Å². The molecule has 0 bridgehead atoms. The Morgan fingerprint density at radius 3 is 2.60 bits per heavy atom. The number of carbonyl (C=O) groups excluding carboxylic acids is 2. The standard InChI is InChI=1S/C24H25F2N5O4/c1-13(2)19(30-23(33)20-22(32)29-18-6-4-3-5-17(18)28-20)24(34)31-9-7-14(8-10-31)35-15-11-16(25)21(26)27-12-15/h3-6,11-14,19H,7-10H2,1-2H3,(H,29,32)(H,30,33)/t19-/m0/s1. The summed E-state index contributed by atoms with van der Waals surface area (Å²) in [6, 6.07) is 6.93. The number of piperidine rings is 1. The molecule has 1 aliphatic heterocycles. The van der Waals surface area contributed by atoms with Gasteiger partial charge in [0, 0.05) is 32.0 Å². The number of amides is 2. The summed E-state index contributed by atoms with van der Waals surface area (Å²) in [5.74, 6) is -3.42. The van der Waals surface area contributed by atoms with Crippen LogP contribution >= 0.6 is 0 Å². The van der Waals surface area contributed by atoms with Crippen molar-refractivity contribution in [3.63, 3.8) is 0 Å². The maximum absolute atomic E-state index is 13.4. The minimum Gasteiger partial charge on any atom is -0.489 e. The summed E-state index contributed by atoms with van der Waals surface area (Å²) in [7, 11) is 0. The number of aromatic nitrogens is 3. The predicted molar refractivity (Wildman–Crippen MR) is 123 cm³/mol. The minimum absolute atomic E-state index is 0.120. The first-order chi connectivity index (χ1) is 16.7. The quantitative estimate of drug-likeness (QED) is 0.518. The highest BCUT2D eigenvalue weighted by atomic mass is 19.2. The third-order valence-corrected chi connectivity index (χ3v) is 5.86. The number of likely N-dealkylation sites (tertiary alicyclic amines) is 1. The Balaban J connectivity index is 1.40. The van der Waals surface area contributed by atoms with Gasteiger partial charge in [-0.2, -0.15) is 4.39 Å². The van der Waals surface area contributed by atoms with Crippen molar-refractivity contribution in [2.24, 2.45) is 5.92 Å². The number of halogens is 2. The lowest BCUT2D eigenvalue weighted by Gasteiger charge is -2.35. The molecule has 3 aromatic rings. The van der Waals surface area contributed by atoms with E-state index in [1.54, 1.807) is 43.0 Å². The molecule has 184 valence electrons. The third-order valence-electron chi connectivity index (χ3n) is 5.86. The summed E-state index contributed by atoms with van der Waals surface area (Å²) in [6.45, 7) is 4.31. The van der Waals surface area contributed by atoms with Gasteiger partial charge >= 0.3 is 0 Å². The number of carbonyl (C=O) groups is 2. The van der Waals surface area contributed by atoms with Gasteiger partial charge in [0.1, 0.15) is 17.9 Å². The van der Waals surface area contributed by atoms with Crippen molar-refractivity contribution in [3.8, 4) is 5.75 Å². The monoisotopic (exact) mass is 485 g/mol. The van der Waals surface area contributed by atoms with E-state index in [1.165, 1.54) is 0 Å². The van der Waals surface area contributed by atoms with E-state index in [0.29, 0.717) is 37.0 Å². The number of H-pyrrole nitrogens is 1. The van der Waals surface area contributed by atoms with Crippen LogP contribution < -0.4 is 15.6 Å². The summed E-state index contributed by atoms with van der Waals surface area (Å²) in [5.41, 5.74) is 0.0213. The van der Waals surface area contributed by atoms with Crippen LogP contribution in [0.1, 0.15) is 37.2 Å². The molecule has 3 heterocycles. The molecule has 0 saturated carbocycles. The van der Waals surface area contributed by atoms with Crippen molar-refractivity contribution in [1.29, 1.82) is 0 Å². The number of pyridine rings is 1. The van der Waals surface area contributed by atoms with Gasteiger partial charge in [-0.05, 0) is 18.1 Å². The lowest BCUT2D eigenvalue weighted by atomic mass is 10.00. The van der Waals surface area contributed by atoms with E-state index in [1.807, 2.05) is 0 Å². The number of hydrogen-bond acceptors (Lipinski definition) is 6. The highest BCUT2D eigenvalue weighted by Crippen LogP contribution is 2.21. The summed E-state index contributed by atoms with van der Waals surface area (Å²) >= 11 is 0. The smallest absolute Gasteiger partial charge is 0.280 e. The molecule has 1 fully saturated rings. The third kappa shape index (κ3) is 5.44. The maximum Gasteiger partial charge on any atom is 0.280 e. The van der Waals surface area contributed by atoms with Crippen molar-refractivity contribution in [3.05, 3.63) is 64.3 Å². The van der Waals surface area contributed by atoms with Crippen molar-refractivity contribution < 1.29 is 23.1 Å². The van der Waals surface area contributed by atoms with Crippen LogP contribution in [0.2, 0.25) is 0 Å². The Bertz CT molecular complexity index is 1300. The Morgan fingerprint density at radius 2 is 1.91 bits per heavy atom. The molecule has 1 saturated heterocycles. The maximum atomic E-state index is 13.4. The van der Waals surface area contributed by atoms with Crippen LogP contribution in [0.15, 0.2) is 41.3 Å². The fourth-order valence-electron chi connectivity index (χ4n) is 3.96. The van der Waals surface area contributed by atoms with Crippen LogP contribution in [0.25, 0.3) is 11.0 Å². The molecule has 4 rings (SSSR count). The first-order valence-corrected chi connectivity index (χ1v) is 11.3. The summed E-state index contributed by atoms with van der Waals surface area (Å²) in [4.78, 5) is 50.2. The average Bonchev–Trinajstić information content (AvgIpc) is 2.84. The minimum atomic E-state index is -1.19. The number of para-hydroxylation sites is 2. The van der Waals surface area contributed by atoms with Gasteiger partial charge in [0.15, 0.2) is 11.5 Å². The SMILES string of the molecule is CC(C)[C@H](NC(=O)c1nc2ccccc2[nH]c1=O)C(=O)N1CCC(Oc2cnc(F)c(F)c2)CC1. The zero-order valence-corrected chi connectivity index (χ0v) is 19.3. The Kier molecular flexibility index (Phi) is 7.04. The van der Waals surface area contributed by atoms with Crippen molar-refractivity contribution in [2.45, 2.75) is 38.8 Å². The number of nitrogens with one attached hydrogen (secondary N) is 2. The molecule has 9 nitrogen and oxygen atoms in total. The molecule has 1 aliphatic rings. The normalized spacial score (nSPS) is 15.3. The molecule has 0 unspecified atom stereocenters. The van der Waals surface area contributed by atoms with E-state index in [4.69, 9.17) is 4.74 Å². The van der Waals surface area contributed by atoms with E-state index < -0.39 is 29.3 Å². The molecule has 11 heteroatoms. The first-order valence-electron chi connectivity index (χ1n) is 11.3. The molecule has 2 amide bonds. The van der Waals surface area contributed by atoms with E-state index in [9.17, 15) is 23.2 Å². The van der Waals surface area contributed by atoms with E-state index in [0.717, 1.165) is 12.3 Å². The Labute approximate surface area is 199 Å². The van der Waals surface area contributed by atoms with Crippen molar-refractivity contribution in [2.75, 3.05) is 13.1 Å². The number of rotatable bonds is 6. The number of hydrogen-bond donors (Lipinski definition) is 2. The van der Waals surface area contributed by atoms with Crippen LogP contribution in [0, 0.1) is 17.7 Å². The largest absolute Gasteiger partial charge is 0.489 e. The fourth-order valence-corrected chi connectivity index (χ4v) is 3.96. The molecule has 0 spiro atoms. The molecule has 2 N–H and O–H groups in total. The molecular formula is C24H25F2N5O4. The highest BCUT2D eigenvalue weighted by molar-refractivity contribution is 5.97. The van der Waals surface area contributed by atoms with Gasteiger partial charge < -0.3 is 19.9 Å². The van der Waals surface area contributed by atoms with Gasteiger partial charge in [0.25, 0.3) is 11.5 Å². The Hall–Kier alpha value is -3.89. The molecule has 0 radical (unpaired) electrons. The van der Waals surface area contributed by atoms with E-state index >= 15 is 0 Å². The molecular weight excluding hydrogens is 460 g/mol. The highest BCUT2D eigenvalue weighted by Gasteiger charge is 2.32. The topological polar surface area (TPSA) is 117 Å². The van der Waals surface area contributed by atoms with Gasteiger partial charge in [-0.25, -0.2) is 14.4 Å².